The van der Waals surface area contributed by atoms with E-state index in [1.807, 2.05) is 48.5 Å². The van der Waals surface area contributed by atoms with Crippen LogP contribution in [0.4, 0.5) is 0 Å². The first-order valence-electron chi connectivity index (χ1n) is 4.56. The summed E-state index contributed by atoms with van der Waals surface area (Å²) in [6.07, 6.45) is 0. The molecule has 2 aromatic rings. The lowest BCUT2D eigenvalue weighted by atomic mass is 10.0. The van der Waals surface area contributed by atoms with Gasteiger partial charge >= 0.3 is 0 Å². The Morgan fingerprint density at radius 2 is 1.27 bits per heavy atom. The SMILES string of the molecule is N#Cc1ccc(-c2ccc(Cl)cc2)cc1. The van der Waals surface area contributed by atoms with E-state index in [0.717, 1.165) is 16.1 Å². The molecule has 72 valence electrons. The Morgan fingerprint density at radius 1 is 0.800 bits per heavy atom. The molecule has 0 unspecified atom stereocenters. The van der Waals surface area contributed by atoms with Crippen LogP contribution in [0.3, 0.4) is 0 Å². The third kappa shape index (κ3) is 2.18. The average molecular weight is 214 g/mol. The van der Waals surface area contributed by atoms with Crippen LogP contribution in [-0.2, 0) is 0 Å². The number of benzene rings is 2. The summed E-state index contributed by atoms with van der Waals surface area (Å²) in [5.41, 5.74) is 2.86. The van der Waals surface area contributed by atoms with Gasteiger partial charge in [0.05, 0.1) is 11.6 Å². The Labute approximate surface area is 93.5 Å². The van der Waals surface area contributed by atoms with Gasteiger partial charge in [-0.25, -0.2) is 0 Å². The van der Waals surface area contributed by atoms with Crippen molar-refractivity contribution in [1.29, 1.82) is 5.26 Å². The van der Waals surface area contributed by atoms with Crippen LogP contribution in [0, 0.1) is 11.3 Å². The maximum absolute atomic E-state index is 8.67. The number of nitrogens with zero attached hydrogens (tertiary/aromatic N) is 1. The van der Waals surface area contributed by atoms with E-state index in [1.165, 1.54) is 0 Å². The van der Waals surface area contributed by atoms with E-state index in [-0.39, 0.29) is 0 Å². The summed E-state index contributed by atoms with van der Waals surface area (Å²) in [5.74, 6) is 0. The Balaban J connectivity index is 2.38. The Bertz CT molecular complexity index is 492. The largest absolute Gasteiger partial charge is 0.192 e. The molecule has 0 aliphatic carbocycles. The van der Waals surface area contributed by atoms with Crippen LogP contribution >= 0.6 is 11.6 Å². The van der Waals surface area contributed by atoms with Gasteiger partial charge < -0.3 is 0 Å². The summed E-state index contributed by atoms with van der Waals surface area (Å²) in [6, 6.07) is 17.2. The van der Waals surface area contributed by atoms with E-state index in [2.05, 4.69) is 6.07 Å². The molecule has 0 heterocycles. The predicted molar refractivity (Wildman–Crippen MR) is 61.6 cm³/mol. The number of hydrogen-bond acceptors (Lipinski definition) is 1. The minimum Gasteiger partial charge on any atom is -0.192 e. The molecule has 0 aliphatic heterocycles. The first kappa shape index (κ1) is 9.76. The van der Waals surface area contributed by atoms with Crippen LogP contribution in [0.15, 0.2) is 48.5 Å². The molecule has 2 rings (SSSR count). The monoisotopic (exact) mass is 213 g/mol. The second kappa shape index (κ2) is 4.16. The third-order valence-corrected chi connectivity index (χ3v) is 2.44. The molecule has 0 amide bonds. The van der Waals surface area contributed by atoms with Crippen LogP contribution in [0.25, 0.3) is 11.1 Å². The van der Waals surface area contributed by atoms with E-state index in [4.69, 9.17) is 16.9 Å². The first-order valence-corrected chi connectivity index (χ1v) is 4.93. The van der Waals surface area contributed by atoms with E-state index >= 15 is 0 Å². The molecule has 0 saturated carbocycles. The van der Waals surface area contributed by atoms with Gasteiger partial charge in [-0.3, -0.25) is 0 Å². The highest BCUT2D eigenvalue weighted by Crippen LogP contribution is 2.21. The summed E-state index contributed by atoms with van der Waals surface area (Å²) in [4.78, 5) is 0. The quantitative estimate of drug-likeness (QED) is 0.705. The van der Waals surface area contributed by atoms with Crippen LogP contribution in [-0.4, -0.2) is 0 Å². The van der Waals surface area contributed by atoms with E-state index in [0.29, 0.717) is 5.56 Å². The van der Waals surface area contributed by atoms with Crippen molar-refractivity contribution in [3.63, 3.8) is 0 Å². The van der Waals surface area contributed by atoms with E-state index < -0.39 is 0 Å². The van der Waals surface area contributed by atoms with Crippen LogP contribution in [0.2, 0.25) is 5.02 Å². The zero-order valence-corrected chi connectivity index (χ0v) is 8.70. The zero-order chi connectivity index (χ0) is 10.7. The van der Waals surface area contributed by atoms with E-state index in [1.54, 1.807) is 0 Å². The fourth-order valence-electron chi connectivity index (χ4n) is 1.38. The number of rotatable bonds is 1. The second-order valence-corrected chi connectivity index (χ2v) is 3.63. The van der Waals surface area contributed by atoms with Crippen LogP contribution < -0.4 is 0 Å². The summed E-state index contributed by atoms with van der Waals surface area (Å²) in [5, 5.41) is 9.40. The first-order chi connectivity index (χ1) is 7.29. The van der Waals surface area contributed by atoms with Crippen molar-refractivity contribution < 1.29 is 0 Å². The Hall–Kier alpha value is -1.78. The molecule has 0 N–H and O–H groups in total. The Morgan fingerprint density at radius 3 is 1.73 bits per heavy atom. The van der Waals surface area contributed by atoms with Gasteiger partial charge in [0.1, 0.15) is 0 Å². The van der Waals surface area contributed by atoms with Gasteiger partial charge in [-0.05, 0) is 35.4 Å². The molecule has 0 aromatic heterocycles. The lowest BCUT2D eigenvalue weighted by Gasteiger charge is -2.01. The molecule has 0 saturated heterocycles. The lowest BCUT2D eigenvalue weighted by Crippen LogP contribution is -1.78. The number of hydrogen-bond donors (Lipinski definition) is 0. The van der Waals surface area contributed by atoms with Gasteiger partial charge in [0, 0.05) is 5.02 Å². The van der Waals surface area contributed by atoms with Crippen molar-refractivity contribution in [3.8, 4) is 17.2 Å². The molecule has 2 aromatic carbocycles. The number of halogens is 1. The smallest absolute Gasteiger partial charge is 0.0991 e. The molecule has 0 aliphatic rings. The van der Waals surface area contributed by atoms with Gasteiger partial charge in [0.15, 0.2) is 0 Å². The molecule has 0 atom stereocenters. The summed E-state index contributed by atoms with van der Waals surface area (Å²) in [7, 11) is 0. The predicted octanol–water partition coefficient (Wildman–Crippen LogP) is 3.88. The second-order valence-electron chi connectivity index (χ2n) is 3.20. The maximum Gasteiger partial charge on any atom is 0.0991 e. The maximum atomic E-state index is 8.67. The van der Waals surface area contributed by atoms with Crippen molar-refractivity contribution in [2.75, 3.05) is 0 Å². The summed E-state index contributed by atoms with van der Waals surface area (Å²) < 4.78 is 0. The highest BCUT2D eigenvalue weighted by Gasteiger charge is 1.97. The van der Waals surface area contributed by atoms with Crippen molar-refractivity contribution in [3.05, 3.63) is 59.1 Å². The minimum atomic E-state index is 0.674. The van der Waals surface area contributed by atoms with Gasteiger partial charge in [-0.1, -0.05) is 35.9 Å². The van der Waals surface area contributed by atoms with Crippen LogP contribution in [0.1, 0.15) is 5.56 Å². The Kier molecular flexibility index (Phi) is 2.71. The van der Waals surface area contributed by atoms with Gasteiger partial charge in [0.25, 0.3) is 0 Å². The molecule has 0 fully saturated rings. The third-order valence-electron chi connectivity index (χ3n) is 2.19. The molecular weight excluding hydrogens is 206 g/mol. The van der Waals surface area contributed by atoms with Gasteiger partial charge in [-0.2, -0.15) is 5.26 Å². The van der Waals surface area contributed by atoms with Crippen molar-refractivity contribution in [2.45, 2.75) is 0 Å². The molecule has 1 nitrogen and oxygen atoms in total. The molecule has 0 bridgehead atoms. The minimum absolute atomic E-state index is 0.674. The zero-order valence-electron chi connectivity index (χ0n) is 7.94. The van der Waals surface area contributed by atoms with E-state index in [9.17, 15) is 0 Å². The van der Waals surface area contributed by atoms with Gasteiger partial charge in [0.2, 0.25) is 0 Å². The lowest BCUT2D eigenvalue weighted by molar-refractivity contribution is 1.48. The van der Waals surface area contributed by atoms with Crippen molar-refractivity contribution in [1.82, 2.24) is 0 Å². The fourth-order valence-corrected chi connectivity index (χ4v) is 1.51. The summed E-state index contributed by atoms with van der Waals surface area (Å²) >= 11 is 5.80. The highest BCUT2D eigenvalue weighted by atomic mass is 35.5. The number of nitriles is 1. The molecule has 2 heteroatoms. The fraction of sp³-hybridized carbons (Fsp3) is 0. The van der Waals surface area contributed by atoms with Crippen LogP contribution in [0.5, 0.6) is 0 Å². The molecule has 0 spiro atoms. The average Bonchev–Trinajstić information content (AvgIpc) is 2.30. The summed E-state index contributed by atoms with van der Waals surface area (Å²) in [6.45, 7) is 0. The molecule has 0 radical (unpaired) electrons. The highest BCUT2D eigenvalue weighted by molar-refractivity contribution is 6.30. The molecular formula is C13H8ClN. The van der Waals surface area contributed by atoms with Crippen molar-refractivity contribution >= 4 is 11.6 Å². The molecule has 15 heavy (non-hydrogen) atoms. The topological polar surface area (TPSA) is 23.8 Å². The van der Waals surface area contributed by atoms with Crippen molar-refractivity contribution in [2.24, 2.45) is 0 Å². The normalized spacial score (nSPS) is 9.60. The standard InChI is InChI=1S/C13H8ClN/c14-13-7-5-12(6-8-13)11-3-1-10(9-15)2-4-11/h1-8H. The van der Waals surface area contributed by atoms with Gasteiger partial charge in [-0.15, -0.1) is 0 Å².